The smallest absolute Gasteiger partial charge is 0.319 e. The summed E-state index contributed by atoms with van der Waals surface area (Å²) >= 11 is 0. The zero-order chi connectivity index (χ0) is 34.5. The maximum Gasteiger partial charge on any atom is 0.319 e. The first kappa shape index (κ1) is 36.8. The van der Waals surface area contributed by atoms with Crippen LogP contribution in [0.1, 0.15) is 177 Å². The molecule has 9 atom stereocenters. The minimum absolute atomic E-state index is 0.0349. The molecule has 0 heterocycles. The lowest BCUT2D eigenvalue weighted by molar-refractivity contribution is -0.202. The largest absolute Gasteiger partial charge is 0.393 e. The van der Waals surface area contributed by atoms with Gasteiger partial charge in [-0.1, -0.05) is 105 Å². The van der Waals surface area contributed by atoms with E-state index in [2.05, 4.69) is 48.5 Å². The molecule has 0 aliphatic heterocycles. The second-order valence-electron chi connectivity index (χ2n) is 19.0. The Morgan fingerprint density at radius 2 is 1.43 bits per heavy atom. The highest BCUT2D eigenvalue weighted by atomic mass is 16.6. The number of carbonyl (C=O) groups is 3. The van der Waals surface area contributed by atoms with Crippen LogP contribution in [0, 0.1) is 50.2 Å². The van der Waals surface area contributed by atoms with Crippen molar-refractivity contribution in [3.05, 3.63) is 11.6 Å². The Morgan fingerprint density at radius 1 is 0.809 bits per heavy atom. The van der Waals surface area contributed by atoms with Crippen LogP contribution in [0.5, 0.6) is 0 Å². The average Bonchev–Trinajstić information content (AvgIpc) is 3.00. The number of rotatable bonds is 11. The second-order valence-corrected chi connectivity index (χ2v) is 19.0. The quantitative estimate of drug-likeness (QED) is 0.136. The van der Waals surface area contributed by atoms with E-state index in [0.717, 1.165) is 70.6 Å². The normalized spacial score (nSPS) is 42.3. The maximum absolute atomic E-state index is 14.6. The predicted molar refractivity (Wildman–Crippen MR) is 188 cm³/mol. The van der Waals surface area contributed by atoms with Gasteiger partial charge in [0, 0.05) is 12.3 Å². The Bertz CT molecular complexity index is 1230. The lowest BCUT2D eigenvalue weighted by Crippen LogP contribution is -2.66. The number of esters is 2. The molecule has 0 amide bonds. The van der Waals surface area contributed by atoms with E-state index in [9.17, 15) is 19.5 Å². The molecule has 4 fully saturated rings. The van der Waals surface area contributed by atoms with E-state index in [1.165, 1.54) is 44.1 Å². The number of hydrogen-bond acceptors (Lipinski definition) is 5. The summed E-state index contributed by atoms with van der Waals surface area (Å²) in [5.74, 6) is -0.0952. The molecule has 0 saturated heterocycles. The zero-order valence-corrected chi connectivity index (χ0v) is 31.4. The molecule has 47 heavy (non-hydrogen) atoms. The van der Waals surface area contributed by atoms with E-state index in [0.29, 0.717) is 18.8 Å². The number of ketones is 1. The molecular weight excluding hydrogens is 584 g/mol. The molecular formula is C42H68O5. The van der Waals surface area contributed by atoms with Crippen molar-refractivity contribution in [2.24, 2.45) is 50.2 Å². The van der Waals surface area contributed by atoms with Crippen molar-refractivity contribution in [3.63, 3.8) is 0 Å². The highest BCUT2D eigenvalue weighted by molar-refractivity contribution is 5.96. The summed E-state index contributed by atoms with van der Waals surface area (Å²) in [7, 11) is 0. The van der Waals surface area contributed by atoms with E-state index in [1.54, 1.807) is 0 Å². The first-order valence-corrected chi connectivity index (χ1v) is 19.7. The minimum Gasteiger partial charge on any atom is -0.393 e. The van der Waals surface area contributed by atoms with Crippen molar-refractivity contribution in [1.82, 2.24) is 0 Å². The fraction of sp³-hybridized carbons (Fsp3) is 0.881. The van der Waals surface area contributed by atoms with E-state index in [-0.39, 0.29) is 62.7 Å². The molecule has 5 aliphatic rings. The monoisotopic (exact) mass is 653 g/mol. The van der Waals surface area contributed by atoms with Crippen LogP contribution in [-0.2, 0) is 19.1 Å². The van der Waals surface area contributed by atoms with Crippen molar-refractivity contribution in [2.45, 2.75) is 183 Å². The van der Waals surface area contributed by atoms with Crippen molar-refractivity contribution in [2.75, 3.05) is 0 Å². The lowest BCUT2D eigenvalue weighted by atomic mass is 9.33. The van der Waals surface area contributed by atoms with Gasteiger partial charge in [-0.2, -0.15) is 0 Å². The molecule has 0 aromatic heterocycles. The summed E-state index contributed by atoms with van der Waals surface area (Å²) in [5, 5.41) is 11.0. The van der Waals surface area contributed by atoms with E-state index < -0.39 is 5.41 Å². The Balaban J connectivity index is 1.28. The Labute approximate surface area is 286 Å². The standard InChI is InChI=1S/C42H68O5/c1-9-10-11-12-13-14-15-16-17-18-34(45)47-36(46)39(5)24-23-38(4)25-26-41(7)29(30(38)28-39)27-31(43)35-40(6)21-20-33(44)37(2,3)32(40)19-22-42(35,41)8/h27,30,32-33,35,44H,9-26,28H2,1-8H3/t30-,32?,33+,35-,38-,39+,40+,41-,42-/m1/s1. The fourth-order valence-electron chi connectivity index (χ4n) is 12.2. The van der Waals surface area contributed by atoms with E-state index in [1.807, 2.05) is 13.0 Å². The van der Waals surface area contributed by atoms with Crippen LogP contribution < -0.4 is 0 Å². The Hall–Kier alpha value is -1.49. The molecule has 0 aromatic carbocycles. The number of ether oxygens (including phenoxy) is 1. The van der Waals surface area contributed by atoms with Crippen LogP contribution in [-0.4, -0.2) is 28.9 Å². The summed E-state index contributed by atoms with van der Waals surface area (Å²) in [6.07, 6.45) is 20.8. The number of hydrogen-bond donors (Lipinski definition) is 1. The molecule has 1 N–H and O–H groups in total. The molecule has 0 radical (unpaired) electrons. The van der Waals surface area contributed by atoms with Crippen LogP contribution in [0.3, 0.4) is 0 Å². The van der Waals surface area contributed by atoms with Crippen LogP contribution in [0.25, 0.3) is 0 Å². The molecule has 266 valence electrons. The van der Waals surface area contributed by atoms with Gasteiger partial charge in [-0.25, -0.2) is 0 Å². The molecule has 0 bridgehead atoms. The maximum atomic E-state index is 14.6. The molecule has 5 aliphatic carbocycles. The van der Waals surface area contributed by atoms with Crippen molar-refractivity contribution in [1.29, 1.82) is 0 Å². The Kier molecular flexibility index (Phi) is 10.4. The molecule has 5 heteroatoms. The summed E-state index contributed by atoms with van der Waals surface area (Å²) in [6.45, 7) is 18.3. The van der Waals surface area contributed by atoms with Gasteiger partial charge in [0.25, 0.3) is 0 Å². The van der Waals surface area contributed by atoms with Gasteiger partial charge in [0.2, 0.25) is 0 Å². The average molecular weight is 653 g/mol. The van der Waals surface area contributed by atoms with Crippen molar-refractivity contribution >= 4 is 17.7 Å². The zero-order valence-electron chi connectivity index (χ0n) is 31.4. The van der Waals surface area contributed by atoms with Gasteiger partial charge in [-0.15, -0.1) is 0 Å². The van der Waals surface area contributed by atoms with Gasteiger partial charge in [0.1, 0.15) is 0 Å². The number of allylic oxidation sites excluding steroid dienone is 2. The first-order chi connectivity index (χ1) is 22.0. The van der Waals surface area contributed by atoms with Crippen LogP contribution in [0.2, 0.25) is 0 Å². The SMILES string of the molecule is CCCCCCCCCCCC(=O)OC(=O)[C@@]1(C)CC[C@]2(C)CC[C@]3(C)C(=CC(=O)[C@@H]4[C@@]5(C)CC[C@H](O)C(C)(C)C5CC[C@]43C)[C@H]2C1. The van der Waals surface area contributed by atoms with Crippen molar-refractivity contribution < 1.29 is 24.2 Å². The molecule has 5 rings (SSSR count). The van der Waals surface area contributed by atoms with Gasteiger partial charge < -0.3 is 9.84 Å². The summed E-state index contributed by atoms with van der Waals surface area (Å²) in [4.78, 5) is 41.1. The van der Waals surface area contributed by atoms with E-state index in [4.69, 9.17) is 4.74 Å². The number of aliphatic hydroxyl groups is 1. The lowest BCUT2D eigenvalue weighted by Gasteiger charge is -2.70. The third-order valence-corrected chi connectivity index (χ3v) is 15.7. The minimum atomic E-state index is -0.731. The van der Waals surface area contributed by atoms with Crippen LogP contribution >= 0.6 is 0 Å². The third-order valence-electron chi connectivity index (χ3n) is 15.7. The molecule has 0 aromatic rings. The Morgan fingerprint density at radius 3 is 2.09 bits per heavy atom. The fourth-order valence-corrected chi connectivity index (χ4v) is 12.2. The number of fused-ring (bicyclic) bond motifs is 7. The van der Waals surface area contributed by atoms with Gasteiger partial charge in [0.05, 0.1) is 11.5 Å². The molecule has 1 unspecified atom stereocenters. The number of unbranched alkanes of at least 4 members (excludes halogenated alkanes) is 8. The van der Waals surface area contributed by atoms with Gasteiger partial charge in [0.15, 0.2) is 5.78 Å². The second kappa shape index (κ2) is 13.3. The van der Waals surface area contributed by atoms with Gasteiger partial charge in [-0.05, 0) is 116 Å². The van der Waals surface area contributed by atoms with Crippen LogP contribution in [0.15, 0.2) is 11.6 Å². The highest BCUT2D eigenvalue weighted by Gasteiger charge is 2.70. The number of aliphatic hydroxyl groups excluding tert-OH is 1. The highest BCUT2D eigenvalue weighted by Crippen LogP contribution is 2.75. The predicted octanol–water partition coefficient (Wildman–Crippen LogP) is 10.3. The van der Waals surface area contributed by atoms with Gasteiger partial charge in [-0.3, -0.25) is 14.4 Å². The topological polar surface area (TPSA) is 80.7 Å². The van der Waals surface area contributed by atoms with Crippen molar-refractivity contribution in [3.8, 4) is 0 Å². The summed E-state index contributed by atoms with van der Waals surface area (Å²) in [6, 6.07) is 0. The first-order valence-electron chi connectivity index (χ1n) is 19.7. The van der Waals surface area contributed by atoms with E-state index >= 15 is 0 Å². The summed E-state index contributed by atoms with van der Waals surface area (Å²) < 4.78 is 5.58. The van der Waals surface area contributed by atoms with Crippen LogP contribution in [0.4, 0.5) is 0 Å². The molecule has 5 nitrogen and oxygen atoms in total. The number of carbonyl (C=O) groups excluding carboxylic acids is 3. The summed E-state index contributed by atoms with van der Waals surface area (Å²) in [5.41, 5.74) is -0.0676. The third kappa shape index (κ3) is 6.24. The molecule has 4 saturated carbocycles. The molecule has 0 spiro atoms. The van der Waals surface area contributed by atoms with Gasteiger partial charge >= 0.3 is 11.9 Å².